The van der Waals surface area contributed by atoms with Crippen molar-refractivity contribution < 1.29 is 14.3 Å². The highest BCUT2D eigenvalue weighted by Crippen LogP contribution is 2.31. The molecule has 2 amide bonds. The van der Waals surface area contributed by atoms with Crippen molar-refractivity contribution in [2.75, 3.05) is 11.9 Å². The Morgan fingerprint density at radius 3 is 2.54 bits per heavy atom. The zero-order valence-electron chi connectivity index (χ0n) is 15.0. The van der Waals surface area contributed by atoms with Gasteiger partial charge >= 0.3 is 0 Å². The summed E-state index contributed by atoms with van der Waals surface area (Å²) in [5.74, 6) is 0.0710. The number of anilines is 1. The van der Waals surface area contributed by atoms with E-state index in [1.807, 2.05) is 32.9 Å². The van der Waals surface area contributed by atoms with Gasteiger partial charge in [0, 0.05) is 17.1 Å². The first-order valence-electron chi connectivity index (χ1n) is 8.44. The van der Waals surface area contributed by atoms with E-state index in [1.165, 1.54) is 0 Å². The van der Waals surface area contributed by atoms with Crippen molar-refractivity contribution in [2.24, 2.45) is 0 Å². The van der Waals surface area contributed by atoms with Crippen LogP contribution in [0.25, 0.3) is 0 Å². The molecule has 2 aromatic carbocycles. The molecule has 0 unspecified atom stereocenters. The van der Waals surface area contributed by atoms with Crippen molar-refractivity contribution in [1.82, 2.24) is 5.32 Å². The summed E-state index contributed by atoms with van der Waals surface area (Å²) in [5.41, 5.74) is 4.81. The van der Waals surface area contributed by atoms with Crippen LogP contribution in [0.4, 0.5) is 5.69 Å². The van der Waals surface area contributed by atoms with Crippen LogP contribution >= 0.6 is 11.6 Å². The summed E-state index contributed by atoms with van der Waals surface area (Å²) in [5, 5.41) is 6.11. The highest BCUT2D eigenvalue weighted by Gasteiger charge is 2.29. The lowest BCUT2D eigenvalue weighted by Crippen LogP contribution is -2.41. The van der Waals surface area contributed by atoms with E-state index < -0.39 is 6.10 Å². The number of benzene rings is 2. The lowest BCUT2D eigenvalue weighted by molar-refractivity contribution is -0.129. The number of fused-ring (bicyclic) bond motifs is 1. The van der Waals surface area contributed by atoms with Gasteiger partial charge in [0.05, 0.1) is 6.54 Å². The van der Waals surface area contributed by atoms with E-state index in [0.717, 1.165) is 27.9 Å². The van der Waals surface area contributed by atoms with E-state index in [-0.39, 0.29) is 18.4 Å². The molecule has 0 bridgehead atoms. The van der Waals surface area contributed by atoms with Crippen LogP contribution in [0.2, 0.25) is 5.02 Å². The highest BCUT2D eigenvalue weighted by molar-refractivity contribution is 6.30. The van der Waals surface area contributed by atoms with Crippen molar-refractivity contribution in [1.29, 1.82) is 0 Å². The number of amides is 2. The van der Waals surface area contributed by atoms with E-state index in [1.54, 1.807) is 18.2 Å². The zero-order valence-corrected chi connectivity index (χ0v) is 15.7. The summed E-state index contributed by atoms with van der Waals surface area (Å²) in [6.07, 6.45) is -0.196. The van der Waals surface area contributed by atoms with E-state index in [4.69, 9.17) is 16.3 Å². The Hall–Kier alpha value is -2.53. The average Bonchev–Trinajstić information content (AvgIpc) is 2.99. The molecule has 5 nitrogen and oxygen atoms in total. The number of carbonyl (C=O) groups excluding carboxylic acids is 2. The van der Waals surface area contributed by atoms with Crippen LogP contribution in [0.15, 0.2) is 30.3 Å². The molecule has 1 atom stereocenters. The van der Waals surface area contributed by atoms with Crippen LogP contribution in [0, 0.1) is 20.8 Å². The SMILES string of the molecule is Cc1cc(C)c(NC(=O)CNC(=O)[C@H]2Cc3cc(Cl)ccc3O2)c(C)c1. The summed E-state index contributed by atoms with van der Waals surface area (Å²) in [6.45, 7) is 5.80. The summed E-state index contributed by atoms with van der Waals surface area (Å²) >= 11 is 5.96. The minimum Gasteiger partial charge on any atom is -0.480 e. The molecule has 26 heavy (non-hydrogen) atoms. The first-order valence-corrected chi connectivity index (χ1v) is 8.82. The molecule has 0 saturated heterocycles. The molecule has 0 aromatic heterocycles. The van der Waals surface area contributed by atoms with Gasteiger partial charge in [0.25, 0.3) is 5.91 Å². The summed E-state index contributed by atoms with van der Waals surface area (Å²) < 4.78 is 5.62. The monoisotopic (exact) mass is 372 g/mol. The van der Waals surface area contributed by atoms with Crippen LogP contribution in [0.3, 0.4) is 0 Å². The van der Waals surface area contributed by atoms with Crippen LogP contribution in [0.1, 0.15) is 22.3 Å². The van der Waals surface area contributed by atoms with Crippen LogP contribution < -0.4 is 15.4 Å². The zero-order chi connectivity index (χ0) is 18.8. The fraction of sp³-hybridized carbons (Fsp3) is 0.300. The topological polar surface area (TPSA) is 67.4 Å². The molecule has 0 spiro atoms. The Labute approximate surface area is 157 Å². The molecule has 2 aromatic rings. The largest absolute Gasteiger partial charge is 0.480 e. The van der Waals surface area contributed by atoms with Gasteiger partial charge < -0.3 is 15.4 Å². The third kappa shape index (κ3) is 3.99. The second-order valence-electron chi connectivity index (χ2n) is 6.60. The Morgan fingerprint density at radius 2 is 1.85 bits per heavy atom. The van der Waals surface area contributed by atoms with Crippen molar-refractivity contribution in [3.05, 3.63) is 57.6 Å². The fourth-order valence-electron chi connectivity index (χ4n) is 3.21. The number of hydrogen-bond acceptors (Lipinski definition) is 3. The predicted octanol–water partition coefficient (Wildman–Crippen LogP) is 3.32. The molecule has 0 saturated carbocycles. The van der Waals surface area contributed by atoms with Gasteiger partial charge in [0.15, 0.2) is 6.10 Å². The van der Waals surface area contributed by atoms with E-state index in [2.05, 4.69) is 10.6 Å². The van der Waals surface area contributed by atoms with E-state index >= 15 is 0 Å². The number of carbonyl (C=O) groups is 2. The Balaban J connectivity index is 1.55. The number of rotatable bonds is 4. The smallest absolute Gasteiger partial charge is 0.261 e. The molecular weight excluding hydrogens is 352 g/mol. The van der Waals surface area contributed by atoms with Gasteiger partial charge in [-0.15, -0.1) is 0 Å². The molecule has 2 N–H and O–H groups in total. The summed E-state index contributed by atoms with van der Waals surface area (Å²) in [7, 11) is 0. The highest BCUT2D eigenvalue weighted by atomic mass is 35.5. The average molecular weight is 373 g/mol. The normalized spacial score (nSPS) is 15.2. The predicted molar refractivity (Wildman–Crippen MR) is 102 cm³/mol. The summed E-state index contributed by atoms with van der Waals surface area (Å²) in [6, 6.07) is 9.28. The van der Waals surface area contributed by atoms with Gasteiger partial charge in [-0.1, -0.05) is 29.3 Å². The number of aryl methyl sites for hydroxylation is 3. The van der Waals surface area contributed by atoms with Crippen molar-refractivity contribution in [3.8, 4) is 5.75 Å². The Bertz CT molecular complexity index is 856. The van der Waals surface area contributed by atoms with E-state index in [9.17, 15) is 9.59 Å². The standard InChI is InChI=1S/C20H21ClN2O3/c1-11-6-12(2)19(13(3)7-11)23-18(24)10-22-20(25)17-9-14-8-15(21)4-5-16(14)26-17/h4-8,17H,9-10H2,1-3H3,(H,22,25)(H,23,24)/t17-/m1/s1. The summed E-state index contributed by atoms with van der Waals surface area (Å²) in [4.78, 5) is 24.5. The van der Waals surface area contributed by atoms with E-state index in [0.29, 0.717) is 17.2 Å². The molecule has 0 fully saturated rings. The maximum atomic E-state index is 12.3. The Morgan fingerprint density at radius 1 is 1.15 bits per heavy atom. The van der Waals surface area contributed by atoms with Gasteiger partial charge in [0.1, 0.15) is 5.75 Å². The number of nitrogens with one attached hydrogen (secondary N) is 2. The second-order valence-corrected chi connectivity index (χ2v) is 7.04. The lowest BCUT2D eigenvalue weighted by Gasteiger charge is -2.14. The van der Waals surface area contributed by atoms with Gasteiger partial charge in [-0.3, -0.25) is 9.59 Å². The molecule has 1 heterocycles. The molecule has 1 aliphatic rings. The third-order valence-corrected chi connectivity index (χ3v) is 4.59. The van der Waals surface area contributed by atoms with Crippen LogP contribution in [-0.2, 0) is 16.0 Å². The van der Waals surface area contributed by atoms with Crippen molar-refractivity contribution >= 4 is 29.1 Å². The minimum absolute atomic E-state index is 0.109. The first-order chi connectivity index (χ1) is 12.3. The number of hydrogen-bond donors (Lipinski definition) is 2. The Kier molecular flexibility index (Phi) is 5.18. The minimum atomic E-state index is -0.640. The van der Waals surface area contributed by atoms with Gasteiger partial charge in [-0.2, -0.15) is 0 Å². The quantitative estimate of drug-likeness (QED) is 0.865. The fourth-order valence-corrected chi connectivity index (χ4v) is 3.40. The van der Waals surface area contributed by atoms with Crippen molar-refractivity contribution in [3.63, 3.8) is 0 Å². The molecule has 3 rings (SSSR count). The van der Waals surface area contributed by atoms with Gasteiger partial charge in [-0.05, 0) is 55.7 Å². The first kappa shape index (κ1) is 18.3. The van der Waals surface area contributed by atoms with Gasteiger partial charge in [-0.25, -0.2) is 0 Å². The molecule has 1 aliphatic heterocycles. The van der Waals surface area contributed by atoms with Gasteiger partial charge in [0.2, 0.25) is 5.91 Å². The lowest BCUT2D eigenvalue weighted by atomic mass is 10.1. The molecule has 136 valence electrons. The maximum absolute atomic E-state index is 12.3. The number of halogens is 1. The van der Waals surface area contributed by atoms with Crippen LogP contribution in [-0.4, -0.2) is 24.5 Å². The molecule has 0 aliphatic carbocycles. The molecule has 0 radical (unpaired) electrons. The molecule has 6 heteroatoms. The maximum Gasteiger partial charge on any atom is 0.261 e. The number of ether oxygens (including phenoxy) is 1. The van der Waals surface area contributed by atoms with Crippen molar-refractivity contribution in [2.45, 2.75) is 33.3 Å². The third-order valence-electron chi connectivity index (χ3n) is 4.35. The molecular formula is C20H21ClN2O3. The van der Waals surface area contributed by atoms with Crippen LogP contribution in [0.5, 0.6) is 5.75 Å². The second kappa shape index (κ2) is 7.38.